The number of aromatic nitrogens is 4. The van der Waals surface area contributed by atoms with Crippen molar-refractivity contribution in [2.45, 2.75) is 39.2 Å². The number of hydrogen-bond donors (Lipinski definition) is 2. The van der Waals surface area contributed by atoms with Gasteiger partial charge in [0.2, 0.25) is 5.91 Å². The van der Waals surface area contributed by atoms with Gasteiger partial charge in [-0.15, -0.1) is 0 Å². The monoisotopic (exact) mass is 415 g/mol. The van der Waals surface area contributed by atoms with Gasteiger partial charge in [0, 0.05) is 37.4 Å². The number of H-pyrrole nitrogens is 1. The Balaban J connectivity index is 1.46. The van der Waals surface area contributed by atoms with E-state index in [0.29, 0.717) is 42.2 Å². The number of nitrogens with zero attached hydrogens (tertiary/aromatic N) is 3. The molecule has 0 saturated heterocycles. The number of carbonyl (C=O) groups is 1. The molecule has 0 aliphatic carbocycles. The summed E-state index contributed by atoms with van der Waals surface area (Å²) in [5.74, 6) is 2.76. The van der Waals surface area contributed by atoms with Gasteiger partial charge >= 0.3 is 0 Å². The number of benzene rings is 1. The topological polar surface area (TPSA) is 98.0 Å². The van der Waals surface area contributed by atoms with Crippen LogP contribution in [0.25, 0.3) is 11.3 Å². The van der Waals surface area contributed by atoms with E-state index in [-0.39, 0.29) is 11.9 Å². The molecule has 2 heterocycles. The van der Waals surface area contributed by atoms with Gasteiger partial charge in [-0.3, -0.25) is 9.89 Å². The molecule has 154 valence electrons. The Hall–Kier alpha value is -2.94. The van der Waals surface area contributed by atoms with E-state index in [1.165, 1.54) is 0 Å². The van der Waals surface area contributed by atoms with Crippen LogP contribution >= 0.6 is 12.2 Å². The lowest BCUT2D eigenvalue weighted by molar-refractivity contribution is -0.121. The van der Waals surface area contributed by atoms with Crippen LogP contribution in [0, 0.1) is 4.77 Å². The maximum absolute atomic E-state index is 12.1. The summed E-state index contributed by atoms with van der Waals surface area (Å²) < 4.78 is 13.5. The number of carbonyl (C=O) groups excluding carboxylic acids is 1. The van der Waals surface area contributed by atoms with Gasteiger partial charge in [0.05, 0.1) is 13.3 Å². The second kappa shape index (κ2) is 9.51. The SMILES string of the molecule is COc1ccc(-c2cnc(CCC(=O)NCCc3n[nH]c(=S)n3C(C)C)o2)cc1. The Morgan fingerprint density at radius 2 is 2.07 bits per heavy atom. The summed E-state index contributed by atoms with van der Waals surface area (Å²) in [7, 11) is 1.62. The van der Waals surface area contributed by atoms with E-state index >= 15 is 0 Å². The summed E-state index contributed by atoms with van der Waals surface area (Å²) in [6.45, 7) is 4.59. The molecule has 1 aromatic carbocycles. The highest BCUT2D eigenvalue weighted by atomic mass is 32.1. The molecule has 0 bridgehead atoms. The molecule has 2 N–H and O–H groups in total. The highest BCUT2D eigenvalue weighted by molar-refractivity contribution is 7.71. The number of oxazole rings is 1. The number of nitrogens with one attached hydrogen (secondary N) is 2. The number of hydrogen-bond acceptors (Lipinski definition) is 6. The fourth-order valence-electron chi connectivity index (χ4n) is 2.98. The molecule has 0 spiro atoms. The number of rotatable bonds is 9. The third kappa shape index (κ3) is 5.32. The number of methoxy groups -OCH3 is 1. The standard InChI is InChI=1S/C20H25N5O3S/c1-13(2)25-17(23-24-20(25)29)10-11-21-18(26)8-9-19-22-12-16(28-19)14-4-6-15(27-3)7-5-14/h4-7,12-13H,8-11H2,1-3H3,(H,21,26)(H,24,29). The molecule has 2 aromatic heterocycles. The van der Waals surface area contributed by atoms with Crippen LogP contribution in [0.3, 0.4) is 0 Å². The largest absolute Gasteiger partial charge is 0.497 e. The third-order valence-corrected chi connectivity index (χ3v) is 4.75. The van der Waals surface area contributed by atoms with Crippen molar-refractivity contribution in [2.75, 3.05) is 13.7 Å². The van der Waals surface area contributed by atoms with Gasteiger partial charge < -0.3 is 19.0 Å². The average molecular weight is 416 g/mol. The van der Waals surface area contributed by atoms with Crippen molar-refractivity contribution in [1.29, 1.82) is 0 Å². The van der Waals surface area contributed by atoms with E-state index in [1.807, 2.05) is 42.7 Å². The van der Waals surface area contributed by atoms with Crippen molar-refractivity contribution < 1.29 is 13.9 Å². The summed E-state index contributed by atoms with van der Waals surface area (Å²) in [5.41, 5.74) is 0.910. The van der Waals surface area contributed by atoms with Gasteiger partial charge in [-0.05, 0) is 50.3 Å². The Morgan fingerprint density at radius 1 is 1.31 bits per heavy atom. The van der Waals surface area contributed by atoms with Crippen LogP contribution in [0.5, 0.6) is 5.75 Å². The van der Waals surface area contributed by atoms with E-state index in [2.05, 4.69) is 20.5 Å². The lowest BCUT2D eigenvalue weighted by atomic mass is 10.2. The summed E-state index contributed by atoms with van der Waals surface area (Å²) in [5, 5.41) is 9.94. The Bertz CT molecular complexity index is 1000. The summed E-state index contributed by atoms with van der Waals surface area (Å²) in [6.07, 6.45) is 3.02. The number of amides is 1. The van der Waals surface area contributed by atoms with Crippen molar-refractivity contribution in [3.63, 3.8) is 0 Å². The molecule has 3 rings (SSSR count). The predicted molar refractivity (Wildman–Crippen MR) is 111 cm³/mol. The van der Waals surface area contributed by atoms with Crippen LogP contribution in [0.4, 0.5) is 0 Å². The van der Waals surface area contributed by atoms with E-state index < -0.39 is 0 Å². The van der Waals surface area contributed by atoms with E-state index in [0.717, 1.165) is 17.1 Å². The number of aromatic amines is 1. The van der Waals surface area contributed by atoms with Gasteiger partial charge in [-0.25, -0.2) is 4.98 Å². The molecule has 9 heteroatoms. The first-order valence-corrected chi connectivity index (χ1v) is 9.90. The van der Waals surface area contributed by atoms with Crippen LogP contribution in [0.2, 0.25) is 0 Å². The lowest BCUT2D eigenvalue weighted by Crippen LogP contribution is -2.26. The van der Waals surface area contributed by atoms with Gasteiger partial charge in [-0.1, -0.05) is 0 Å². The second-order valence-electron chi connectivity index (χ2n) is 6.86. The maximum Gasteiger partial charge on any atom is 0.220 e. The lowest BCUT2D eigenvalue weighted by Gasteiger charge is -2.10. The molecule has 0 radical (unpaired) electrons. The van der Waals surface area contributed by atoms with Gasteiger partial charge in [0.25, 0.3) is 0 Å². The summed E-state index contributed by atoms with van der Waals surface area (Å²) >= 11 is 5.23. The molecule has 0 aliphatic heterocycles. The van der Waals surface area contributed by atoms with E-state index in [4.69, 9.17) is 21.4 Å². The molecule has 0 atom stereocenters. The van der Waals surface area contributed by atoms with Crippen LogP contribution in [-0.2, 0) is 17.6 Å². The van der Waals surface area contributed by atoms with Crippen LogP contribution < -0.4 is 10.1 Å². The molecular formula is C20H25N5O3S. The normalized spacial score (nSPS) is 11.0. The van der Waals surface area contributed by atoms with Gasteiger partial charge in [0.15, 0.2) is 16.4 Å². The molecular weight excluding hydrogens is 390 g/mol. The van der Waals surface area contributed by atoms with Gasteiger partial charge in [-0.2, -0.15) is 5.10 Å². The molecule has 29 heavy (non-hydrogen) atoms. The Morgan fingerprint density at radius 3 is 2.76 bits per heavy atom. The average Bonchev–Trinajstić information content (AvgIpc) is 3.33. The maximum atomic E-state index is 12.1. The van der Waals surface area contributed by atoms with Crippen LogP contribution in [-0.4, -0.2) is 39.3 Å². The molecule has 0 aliphatic rings. The zero-order valence-corrected chi connectivity index (χ0v) is 17.6. The fourth-order valence-corrected chi connectivity index (χ4v) is 3.35. The summed E-state index contributed by atoms with van der Waals surface area (Å²) in [4.78, 5) is 16.4. The Kier molecular flexibility index (Phi) is 6.82. The zero-order chi connectivity index (χ0) is 20.8. The fraction of sp³-hybridized carbons (Fsp3) is 0.400. The molecule has 3 aromatic rings. The van der Waals surface area contributed by atoms with Crippen molar-refractivity contribution in [3.05, 3.63) is 46.9 Å². The minimum atomic E-state index is -0.0561. The van der Waals surface area contributed by atoms with E-state index in [9.17, 15) is 4.79 Å². The first-order chi connectivity index (χ1) is 14.0. The first-order valence-electron chi connectivity index (χ1n) is 9.49. The first kappa shape index (κ1) is 20.8. The van der Waals surface area contributed by atoms with Crippen molar-refractivity contribution >= 4 is 18.1 Å². The van der Waals surface area contributed by atoms with E-state index in [1.54, 1.807) is 13.3 Å². The minimum Gasteiger partial charge on any atom is -0.497 e. The molecule has 0 saturated carbocycles. The quantitative estimate of drug-likeness (QED) is 0.519. The Labute approximate surface area is 174 Å². The predicted octanol–water partition coefficient (Wildman–Crippen LogP) is 3.48. The molecule has 0 unspecified atom stereocenters. The molecule has 8 nitrogen and oxygen atoms in total. The summed E-state index contributed by atoms with van der Waals surface area (Å²) in [6, 6.07) is 7.76. The minimum absolute atomic E-state index is 0.0561. The highest BCUT2D eigenvalue weighted by Gasteiger charge is 2.11. The number of aryl methyl sites for hydroxylation is 1. The molecule has 0 fully saturated rings. The van der Waals surface area contributed by atoms with Crippen LogP contribution in [0.15, 0.2) is 34.9 Å². The van der Waals surface area contributed by atoms with Crippen molar-refractivity contribution in [3.8, 4) is 17.1 Å². The van der Waals surface area contributed by atoms with Crippen LogP contribution in [0.1, 0.15) is 38.0 Å². The van der Waals surface area contributed by atoms with Crippen molar-refractivity contribution in [1.82, 2.24) is 25.1 Å². The zero-order valence-electron chi connectivity index (χ0n) is 16.8. The third-order valence-electron chi connectivity index (χ3n) is 4.46. The number of ether oxygens (including phenoxy) is 1. The smallest absolute Gasteiger partial charge is 0.220 e. The van der Waals surface area contributed by atoms with Crippen molar-refractivity contribution in [2.24, 2.45) is 0 Å². The second-order valence-corrected chi connectivity index (χ2v) is 7.24. The highest BCUT2D eigenvalue weighted by Crippen LogP contribution is 2.23. The molecule has 1 amide bonds. The van der Waals surface area contributed by atoms with Gasteiger partial charge in [0.1, 0.15) is 11.6 Å².